The summed E-state index contributed by atoms with van der Waals surface area (Å²) in [6, 6.07) is 42.7. The summed E-state index contributed by atoms with van der Waals surface area (Å²) in [4.78, 5) is 0. The van der Waals surface area contributed by atoms with Gasteiger partial charge in [-0.25, -0.2) is 0 Å². The topological polar surface area (TPSA) is 23.8 Å². The molecular formula is C32H21N. The molecular weight excluding hydrogens is 398 g/mol. The van der Waals surface area contributed by atoms with Gasteiger partial charge in [0, 0.05) is 0 Å². The fraction of sp³-hybridized carbons (Fsp3) is 0.0312. The van der Waals surface area contributed by atoms with Crippen molar-refractivity contribution in [1.82, 2.24) is 0 Å². The highest BCUT2D eigenvalue weighted by Gasteiger charge is 2.27. The van der Waals surface area contributed by atoms with Crippen molar-refractivity contribution in [2.75, 3.05) is 0 Å². The fourth-order valence-corrected chi connectivity index (χ4v) is 5.06. The van der Waals surface area contributed by atoms with E-state index in [4.69, 9.17) is 0 Å². The third-order valence-electron chi connectivity index (χ3n) is 6.56. The van der Waals surface area contributed by atoms with Crippen molar-refractivity contribution in [3.05, 3.63) is 132 Å². The highest BCUT2D eigenvalue weighted by Crippen LogP contribution is 2.50. The maximum absolute atomic E-state index is 9.31. The Morgan fingerprint density at radius 2 is 1.12 bits per heavy atom. The molecule has 5 aromatic carbocycles. The maximum atomic E-state index is 9.31. The lowest BCUT2D eigenvalue weighted by Gasteiger charge is -2.21. The molecule has 1 nitrogen and oxygen atoms in total. The minimum absolute atomic E-state index is 0.676. The molecule has 5 aromatic rings. The van der Waals surface area contributed by atoms with Gasteiger partial charge >= 0.3 is 0 Å². The predicted molar refractivity (Wildman–Crippen MR) is 136 cm³/mol. The van der Waals surface area contributed by atoms with Crippen LogP contribution in [0.4, 0.5) is 0 Å². The van der Waals surface area contributed by atoms with E-state index >= 15 is 0 Å². The van der Waals surface area contributed by atoms with Crippen LogP contribution in [0.3, 0.4) is 0 Å². The first-order valence-electron chi connectivity index (χ1n) is 11.2. The van der Waals surface area contributed by atoms with Crippen LogP contribution in [-0.4, -0.2) is 0 Å². The molecule has 0 amide bonds. The molecule has 0 aliphatic heterocycles. The van der Waals surface area contributed by atoms with Crippen LogP contribution in [0, 0.1) is 11.3 Å². The third kappa shape index (κ3) is 3.25. The smallest absolute Gasteiger partial charge is 0.0991 e. The van der Waals surface area contributed by atoms with Crippen molar-refractivity contribution < 1.29 is 0 Å². The van der Waals surface area contributed by atoms with Gasteiger partial charge in [0.15, 0.2) is 0 Å². The SMILES string of the molecule is N#Cc1ccc(-c2cc3c(c(-c4ccccc4)c2-c2ccccc2)Cc2ccccc2-3)cc1. The van der Waals surface area contributed by atoms with Gasteiger partial charge in [0.25, 0.3) is 0 Å². The Hall–Kier alpha value is -4.41. The van der Waals surface area contributed by atoms with Gasteiger partial charge in [0.2, 0.25) is 0 Å². The third-order valence-corrected chi connectivity index (χ3v) is 6.56. The Bertz CT molecular complexity index is 1510. The summed E-state index contributed by atoms with van der Waals surface area (Å²) in [6.45, 7) is 0. The van der Waals surface area contributed by atoms with Gasteiger partial charge in [0.05, 0.1) is 11.6 Å². The number of hydrogen-bond donors (Lipinski definition) is 0. The Morgan fingerprint density at radius 1 is 0.515 bits per heavy atom. The zero-order chi connectivity index (χ0) is 22.2. The first-order chi connectivity index (χ1) is 16.3. The van der Waals surface area contributed by atoms with Crippen molar-refractivity contribution >= 4 is 0 Å². The summed E-state index contributed by atoms with van der Waals surface area (Å²) < 4.78 is 0. The molecule has 1 aliphatic carbocycles. The largest absolute Gasteiger partial charge is 0.192 e. The summed E-state index contributed by atoms with van der Waals surface area (Å²) in [5, 5.41) is 9.31. The van der Waals surface area contributed by atoms with Crippen LogP contribution in [0.2, 0.25) is 0 Å². The van der Waals surface area contributed by atoms with Crippen LogP contribution in [0.25, 0.3) is 44.5 Å². The molecule has 0 saturated carbocycles. The monoisotopic (exact) mass is 419 g/mol. The van der Waals surface area contributed by atoms with Crippen LogP contribution < -0.4 is 0 Å². The molecule has 1 heteroatoms. The van der Waals surface area contributed by atoms with E-state index in [1.165, 1.54) is 50.1 Å². The van der Waals surface area contributed by atoms with Crippen molar-refractivity contribution in [2.45, 2.75) is 6.42 Å². The lowest BCUT2D eigenvalue weighted by atomic mass is 9.82. The average molecular weight is 420 g/mol. The van der Waals surface area contributed by atoms with E-state index in [1.54, 1.807) is 0 Å². The van der Waals surface area contributed by atoms with Crippen LogP contribution >= 0.6 is 0 Å². The Labute approximate surface area is 194 Å². The Balaban J connectivity index is 1.74. The summed E-state index contributed by atoms with van der Waals surface area (Å²) in [5.41, 5.74) is 13.4. The second kappa shape index (κ2) is 7.93. The minimum atomic E-state index is 0.676. The zero-order valence-corrected chi connectivity index (χ0v) is 18.1. The number of fused-ring (bicyclic) bond motifs is 3. The molecule has 0 atom stereocenters. The molecule has 1 aliphatic rings. The highest BCUT2D eigenvalue weighted by atomic mass is 14.3. The number of rotatable bonds is 3. The van der Waals surface area contributed by atoms with Gasteiger partial charge < -0.3 is 0 Å². The van der Waals surface area contributed by atoms with Crippen molar-refractivity contribution in [3.8, 4) is 50.6 Å². The molecule has 0 heterocycles. The first-order valence-corrected chi connectivity index (χ1v) is 11.2. The quantitative estimate of drug-likeness (QED) is 0.284. The summed E-state index contributed by atoms with van der Waals surface area (Å²) >= 11 is 0. The van der Waals surface area contributed by atoms with Crippen molar-refractivity contribution in [1.29, 1.82) is 5.26 Å². The van der Waals surface area contributed by atoms with Gasteiger partial charge in [-0.05, 0) is 80.3 Å². The normalized spacial score (nSPS) is 11.5. The van der Waals surface area contributed by atoms with Crippen LogP contribution in [0.5, 0.6) is 0 Å². The van der Waals surface area contributed by atoms with Crippen LogP contribution in [0.1, 0.15) is 16.7 Å². The molecule has 6 rings (SSSR count). The van der Waals surface area contributed by atoms with E-state index in [-0.39, 0.29) is 0 Å². The van der Waals surface area contributed by atoms with Crippen LogP contribution in [-0.2, 0) is 6.42 Å². The molecule has 0 fully saturated rings. The van der Waals surface area contributed by atoms with E-state index in [0.717, 1.165) is 12.0 Å². The number of benzene rings is 5. The number of nitrogens with zero attached hydrogens (tertiary/aromatic N) is 1. The Kier molecular flexibility index (Phi) is 4.64. The van der Waals surface area contributed by atoms with Gasteiger partial charge in [-0.15, -0.1) is 0 Å². The summed E-state index contributed by atoms with van der Waals surface area (Å²) in [5.74, 6) is 0. The molecule has 33 heavy (non-hydrogen) atoms. The predicted octanol–water partition coefficient (Wildman–Crippen LogP) is 8.13. The second-order valence-corrected chi connectivity index (χ2v) is 8.46. The zero-order valence-electron chi connectivity index (χ0n) is 18.1. The molecule has 0 radical (unpaired) electrons. The minimum Gasteiger partial charge on any atom is -0.192 e. The molecule has 0 N–H and O–H groups in total. The highest BCUT2D eigenvalue weighted by molar-refractivity contribution is 6.01. The molecule has 154 valence electrons. The van der Waals surface area contributed by atoms with E-state index in [0.29, 0.717) is 5.56 Å². The number of hydrogen-bond acceptors (Lipinski definition) is 1. The van der Waals surface area contributed by atoms with Gasteiger partial charge in [-0.1, -0.05) is 97.1 Å². The van der Waals surface area contributed by atoms with Crippen molar-refractivity contribution in [2.24, 2.45) is 0 Å². The molecule has 0 saturated heterocycles. The van der Waals surface area contributed by atoms with Gasteiger partial charge in [-0.3, -0.25) is 0 Å². The summed E-state index contributed by atoms with van der Waals surface area (Å²) in [6.07, 6.45) is 0.934. The van der Waals surface area contributed by atoms with Crippen LogP contribution in [0.15, 0.2) is 115 Å². The lowest BCUT2D eigenvalue weighted by molar-refractivity contribution is 1.26. The first kappa shape index (κ1) is 19.3. The fourth-order valence-electron chi connectivity index (χ4n) is 5.06. The molecule has 0 spiro atoms. The van der Waals surface area contributed by atoms with E-state index in [1.807, 2.05) is 12.1 Å². The number of nitriles is 1. The molecule has 0 bridgehead atoms. The summed E-state index contributed by atoms with van der Waals surface area (Å²) in [7, 11) is 0. The maximum Gasteiger partial charge on any atom is 0.0991 e. The van der Waals surface area contributed by atoms with Gasteiger partial charge in [-0.2, -0.15) is 5.26 Å². The lowest BCUT2D eigenvalue weighted by Crippen LogP contribution is -1.97. The second-order valence-electron chi connectivity index (χ2n) is 8.46. The Morgan fingerprint density at radius 3 is 1.79 bits per heavy atom. The van der Waals surface area contributed by atoms with E-state index in [9.17, 15) is 5.26 Å². The van der Waals surface area contributed by atoms with E-state index in [2.05, 4.69) is 109 Å². The molecule has 0 unspecified atom stereocenters. The van der Waals surface area contributed by atoms with Gasteiger partial charge in [0.1, 0.15) is 0 Å². The standard InChI is InChI=1S/C32H21N/c33-21-22-15-17-23(18-16-22)28-20-29-27-14-8-7-13-26(27)19-30(29)32(25-11-5-2-6-12-25)31(28)24-9-3-1-4-10-24/h1-18,20H,19H2. The average Bonchev–Trinajstić information content (AvgIpc) is 3.27. The molecule has 0 aromatic heterocycles. The van der Waals surface area contributed by atoms with Crippen molar-refractivity contribution in [3.63, 3.8) is 0 Å². The van der Waals surface area contributed by atoms with E-state index < -0.39 is 0 Å².